The monoisotopic (exact) mass is 322 g/mol. The third kappa shape index (κ3) is 3.97. The first-order valence-electron chi connectivity index (χ1n) is 8.83. The molecule has 24 heavy (non-hydrogen) atoms. The number of carbonyl (C=O) groups is 1. The molecule has 0 aliphatic carbocycles. The number of aryl methyl sites for hydroxylation is 2. The molecule has 1 heterocycles. The molecule has 1 aliphatic heterocycles. The third-order valence-corrected chi connectivity index (χ3v) is 4.82. The maximum absolute atomic E-state index is 12.5. The molecule has 3 nitrogen and oxygen atoms in total. The number of benzene rings is 2. The summed E-state index contributed by atoms with van der Waals surface area (Å²) in [4.78, 5) is 16.9. The average Bonchev–Trinajstić information content (AvgIpc) is 2.64. The molecule has 1 saturated heterocycles. The van der Waals surface area contributed by atoms with Crippen LogP contribution in [0.3, 0.4) is 0 Å². The van der Waals surface area contributed by atoms with Crippen LogP contribution in [0.4, 0.5) is 5.69 Å². The molecule has 0 saturated carbocycles. The summed E-state index contributed by atoms with van der Waals surface area (Å²) in [6.45, 7) is 7.67. The first-order valence-corrected chi connectivity index (χ1v) is 8.83. The van der Waals surface area contributed by atoms with E-state index in [-0.39, 0.29) is 5.91 Å². The number of hydrogen-bond acceptors (Lipinski definition) is 2. The van der Waals surface area contributed by atoms with Gasteiger partial charge in [-0.05, 0) is 36.6 Å². The van der Waals surface area contributed by atoms with Crippen LogP contribution in [-0.4, -0.2) is 37.0 Å². The standard InChI is InChI=1S/C21H26N2O/c1-3-18-8-10-20(11-9-18)22-12-14-23(15-13-22)21(24)16-19-6-4-17(2)5-7-19/h4-11H,3,12-16H2,1-2H3. The van der Waals surface area contributed by atoms with Gasteiger partial charge in [-0.15, -0.1) is 0 Å². The quantitative estimate of drug-likeness (QED) is 0.861. The fraction of sp³-hybridized carbons (Fsp3) is 0.381. The van der Waals surface area contributed by atoms with E-state index in [0.29, 0.717) is 6.42 Å². The highest BCUT2D eigenvalue weighted by atomic mass is 16.2. The minimum absolute atomic E-state index is 0.236. The molecule has 0 bridgehead atoms. The van der Waals surface area contributed by atoms with Gasteiger partial charge in [0.25, 0.3) is 0 Å². The van der Waals surface area contributed by atoms with E-state index >= 15 is 0 Å². The van der Waals surface area contributed by atoms with Crippen molar-refractivity contribution in [1.82, 2.24) is 4.90 Å². The fourth-order valence-electron chi connectivity index (χ4n) is 3.15. The first kappa shape index (κ1) is 16.6. The van der Waals surface area contributed by atoms with E-state index in [1.165, 1.54) is 16.8 Å². The summed E-state index contributed by atoms with van der Waals surface area (Å²) < 4.78 is 0. The second-order valence-electron chi connectivity index (χ2n) is 6.55. The van der Waals surface area contributed by atoms with Gasteiger partial charge in [-0.2, -0.15) is 0 Å². The summed E-state index contributed by atoms with van der Waals surface area (Å²) in [6, 6.07) is 17.0. The predicted octanol–water partition coefficient (Wildman–Crippen LogP) is 3.45. The Bertz CT molecular complexity index is 668. The van der Waals surface area contributed by atoms with Crippen molar-refractivity contribution in [2.75, 3.05) is 31.1 Å². The summed E-state index contributed by atoms with van der Waals surface area (Å²) in [5, 5.41) is 0. The van der Waals surface area contributed by atoms with Crippen LogP contribution in [0.5, 0.6) is 0 Å². The van der Waals surface area contributed by atoms with Gasteiger partial charge in [0.05, 0.1) is 6.42 Å². The lowest BCUT2D eigenvalue weighted by Crippen LogP contribution is -2.49. The molecular formula is C21H26N2O. The molecule has 0 N–H and O–H groups in total. The average molecular weight is 322 g/mol. The Morgan fingerprint density at radius 1 is 0.875 bits per heavy atom. The lowest BCUT2D eigenvalue weighted by Gasteiger charge is -2.36. The number of carbonyl (C=O) groups excluding carboxylic acids is 1. The van der Waals surface area contributed by atoms with Crippen molar-refractivity contribution in [3.8, 4) is 0 Å². The van der Waals surface area contributed by atoms with Crippen LogP contribution in [0.2, 0.25) is 0 Å². The van der Waals surface area contributed by atoms with Crippen LogP contribution >= 0.6 is 0 Å². The number of rotatable bonds is 4. The Morgan fingerprint density at radius 2 is 1.46 bits per heavy atom. The summed E-state index contributed by atoms with van der Waals surface area (Å²) >= 11 is 0. The Balaban J connectivity index is 1.54. The minimum Gasteiger partial charge on any atom is -0.368 e. The van der Waals surface area contributed by atoms with Crippen LogP contribution < -0.4 is 4.90 Å². The van der Waals surface area contributed by atoms with Gasteiger partial charge in [0.2, 0.25) is 5.91 Å². The van der Waals surface area contributed by atoms with Gasteiger partial charge in [-0.3, -0.25) is 4.79 Å². The van der Waals surface area contributed by atoms with Gasteiger partial charge in [-0.1, -0.05) is 48.9 Å². The van der Waals surface area contributed by atoms with Crippen molar-refractivity contribution in [2.24, 2.45) is 0 Å². The van der Waals surface area contributed by atoms with Crippen molar-refractivity contribution in [3.63, 3.8) is 0 Å². The number of hydrogen-bond donors (Lipinski definition) is 0. The molecule has 0 atom stereocenters. The third-order valence-electron chi connectivity index (χ3n) is 4.82. The summed E-state index contributed by atoms with van der Waals surface area (Å²) in [5.74, 6) is 0.236. The second kappa shape index (κ2) is 7.52. The van der Waals surface area contributed by atoms with Gasteiger partial charge in [-0.25, -0.2) is 0 Å². The van der Waals surface area contributed by atoms with E-state index in [1.807, 2.05) is 4.90 Å². The van der Waals surface area contributed by atoms with Crippen LogP contribution in [-0.2, 0) is 17.6 Å². The molecule has 2 aromatic rings. The molecule has 1 amide bonds. The SMILES string of the molecule is CCc1ccc(N2CCN(C(=O)Cc3ccc(C)cc3)CC2)cc1. The van der Waals surface area contributed by atoms with Crippen molar-refractivity contribution in [1.29, 1.82) is 0 Å². The summed E-state index contributed by atoms with van der Waals surface area (Å²) in [6.07, 6.45) is 1.58. The van der Waals surface area contributed by atoms with E-state index in [4.69, 9.17) is 0 Å². The first-order chi connectivity index (χ1) is 11.7. The fourth-order valence-corrected chi connectivity index (χ4v) is 3.15. The zero-order valence-electron chi connectivity index (χ0n) is 14.7. The van der Waals surface area contributed by atoms with Crippen molar-refractivity contribution < 1.29 is 4.79 Å². The Morgan fingerprint density at radius 3 is 2.04 bits per heavy atom. The zero-order valence-corrected chi connectivity index (χ0v) is 14.7. The summed E-state index contributed by atoms with van der Waals surface area (Å²) in [5.41, 5.74) is 4.96. The van der Waals surface area contributed by atoms with Gasteiger partial charge in [0.1, 0.15) is 0 Å². The van der Waals surface area contributed by atoms with Gasteiger partial charge in [0, 0.05) is 31.9 Å². The molecule has 0 unspecified atom stereocenters. The van der Waals surface area contributed by atoms with Gasteiger partial charge in [0.15, 0.2) is 0 Å². The molecule has 3 rings (SSSR count). The van der Waals surface area contributed by atoms with E-state index in [1.54, 1.807) is 0 Å². The van der Waals surface area contributed by atoms with Gasteiger partial charge >= 0.3 is 0 Å². The molecule has 126 valence electrons. The molecule has 0 radical (unpaired) electrons. The van der Waals surface area contributed by atoms with E-state index in [2.05, 4.69) is 67.3 Å². The van der Waals surface area contributed by atoms with Crippen LogP contribution in [0, 0.1) is 6.92 Å². The van der Waals surface area contributed by atoms with Crippen molar-refractivity contribution >= 4 is 11.6 Å². The van der Waals surface area contributed by atoms with E-state index in [9.17, 15) is 4.79 Å². The highest BCUT2D eigenvalue weighted by Gasteiger charge is 2.21. The minimum atomic E-state index is 0.236. The lowest BCUT2D eigenvalue weighted by molar-refractivity contribution is -0.130. The molecule has 0 aromatic heterocycles. The molecule has 2 aromatic carbocycles. The number of amides is 1. The molecule has 1 aliphatic rings. The van der Waals surface area contributed by atoms with Crippen LogP contribution in [0.25, 0.3) is 0 Å². The highest BCUT2D eigenvalue weighted by molar-refractivity contribution is 5.79. The number of piperazine rings is 1. The smallest absolute Gasteiger partial charge is 0.227 e. The van der Waals surface area contributed by atoms with Crippen LogP contribution in [0.1, 0.15) is 23.6 Å². The lowest BCUT2D eigenvalue weighted by atomic mass is 10.1. The van der Waals surface area contributed by atoms with Crippen molar-refractivity contribution in [2.45, 2.75) is 26.7 Å². The van der Waals surface area contributed by atoms with Crippen molar-refractivity contribution in [3.05, 3.63) is 65.2 Å². The molecule has 1 fully saturated rings. The Labute approximate surface area is 144 Å². The largest absolute Gasteiger partial charge is 0.368 e. The molecule has 0 spiro atoms. The van der Waals surface area contributed by atoms with Gasteiger partial charge < -0.3 is 9.80 Å². The normalized spacial score (nSPS) is 14.8. The highest BCUT2D eigenvalue weighted by Crippen LogP contribution is 2.18. The van der Waals surface area contributed by atoms with E-state index < -0.39 is 0 Å². The maximum Gasteiger partial charge on any atom is 0.227 e. The Kier molecular flexibility index (Phi) is 5.19. The maximum atomic E-state index is 12.5. The second-order valence-corrected chi connectivity index (χ2v) is 6.55. The molecular weight excluding hydrogens is 296 g/mol. The number of anilines is 1. The van der Waals surface area contributed by atoms with Crippen LogP contribution in [0.15, 0.2) is 48.5 Å². The predicted molar refractivity (Wildman–Crippen MR) is 99.5 cm³/mol. The molecule has 3 heteroatoms. The Hall–Kier alpha value is -2.29. The zero-order chi connectivity index (χ0) is 16.9. The number of nitrogens with zero attached hydrogens (tertiary/aromatic N) is 2. The topological polar surface area (TPSA) is 23.6 Å². The van der Waals surface area contributed by atoms with E-state index in [0.717, 1.165) is 38.2 Å². The summed E-state index contributed by atoms with van der Waals surface area (Å²) in [7, 11) is 0.